The van der Waals surface area contributed by atoms with Gasteiger partial charge in [0.15, 0.2) is 11.5 Å². The number of carbonyl (C=O) groups excluding carboxylic acids is 1. The van der Waals surface area contributed by atoms with Crippen molar-refractivity contribution in [2.45, 2.75) is 6.42 Å². The highest BCUT2D eigenvalue weighted by molar-refractivity contribution is 5.97. The van der Waals surface area contributed by atoms with Crippen molar-refractivity contribution in [3.63, 3.8) is 0 Å². The van der Waals surface area contributed by atoms with Crippen LogP contribution in [0, 0.1) is 11.3 Å². The minimum atomic E-state index is -0.353. The van der Waals surface area contributed by atoms with Crippen LogP contribution in [0.1, 0.15) is 5.56 Å². The van der Waals surface area contributed by atoms with E-state index in [-0.39, 0.29) is 11.5 Å². The standard InChI is InChI=1S/C24H28N4O3/c1-30-22-9-8-19(16-23(22)31-2)10-11-26-24(29)20(17-25)18-27-12-14-28(15-13-27)21-6-4-3-5-7-21/h3-9,16,18H,10-15H2,1-2H3,(H,26,29)/b20-18-. The maximum atomic E-state index is 12.5. The second kappa shape index (κ2) is 10.9. The van der Waals surface area contributed by atoms with Gasteiger partial charge >= 0.3 is 0 Å². The number of nitrogens with zero attached hydrogens (tertiary/aromatic N) is 3. The van der Waals surface area contributed by atoms with Gasteiger partial charge in [-0.05, 0) is 36.2 Å². The highest BCUT2D eigenvalue weighted by Gasteiger charge is 2.17. The number of piperazine rings is 1. The fourth-order valence-electron chi connectivity index (χ4n) is 3.52. The summed E-state index contributed by atoms with van der Waals surface area (Å²) in [6.07, 6.45) is 2.30. The first-order valence-electron chi connectivity index (χ1n) is 10.3. The SMILES string of the molecule is COc1ccc(CCNC(=O)/C(C#N)=C\N2CCN(c3ccccc3)CC2)cc1OC. The lowest BCUT2D eigenvalue weighted by Gasteiger charge is -2.35. The number of carbonyl (C=O) groups is 1. The van der Waals surface area contributed by atoms with Crippen molar-refractivity contribution < 1.29 is 14.3 Å². The summed E-state index contributed by atoms with van der Waals surface area (Å²) in [5.74, 6) is 0.962. The number of ether oxygens (including phenoxy) is 2. The van der Waals surface area contributed by atoms with E-state index in [9.17, 15) is 10.1 Å². The highest BCUT2D eigenvalue weighted by atomic mass is 16.5. The quantitative estimate of drug-likeness (QED) is 0.523. The fourth-order valence-corrected chi connectivity index (χ4v) is 3.52. The van der Waals surface area contributed by atoms with Crippen LogP contribution in [0.2, 0.25) is 0 Å². The Morgan fingerprint density at radius 2 is 1.77 bits per heavy atom. The van der Waals surface area contributed by atoms with Gasteiger partial charge in [0, 0.05) is 44.6 Å². The molecule has 0 unspecified atom stereocenters. The summed E-state index contributed by atoms with van der Waals surface area (Å²) in [5, 5.41) is 12.3. The number of nitrogens with one attached hydrogen (secondary N) is 1. The molecule has 0 atom stereocenters. The third-order valence-corrected chi connectivity index (χ3v) is 5.26. The third kappa shape index (κ3) is 5.92. The van der Waals surface area contributed by atoms with Crippen LogP contribution < -0.4 is 19.7 Å². The van der Waals surface area contributed by atoms with Crippen molar-refractivity contribution in [2.24, 2.45) is 0 Å². The van der Waals surface area contributed by atoms with Crippen molar-refractivity contribution in [3.8, 4) is 17.6 Å². The lowest BCUT2D eigenvalue weighted by atomic mass is 10.1. The monoisotopic (exact) mass is 420 g/mol. The summed E-state index contributed by atoms with van der Waals surface area (Å²) in [6, 6.07) is 17.9. The van der Waals surface area contributed by atoms with E-state index in [0.29, 0.717) is 24.5 Å². The molecule has 7 nitrogen and oxygen atoms in total. The number of hydrogen-bond donors (Lipinski definition) is 1. The third-order valence-electron chi connectivity index (χ3n) is 5.26. The maximum Gasteiger partial charge on any atom is 0.263 e. The molecule has 2 aromatic carbocycles. The van der Waals surface area contributed by atoms with E-state index in [1.165, 1.54) is 5.69 Å². The van der Waals surface area contributed by atoms with E-state index in [4.69, 9.17) is 9.47 Å². The van der Waals surface area contributed by atoms with Gasteiger partial charge in [0.25, 0.3) is 5.91 Å². The number of benzene rings is 2. The van der Waals surface area contributed by atoms with Crippen LogP contribution in [0.4, 0.5) is 5.69 Å². The Morgan fingerprint density at radius 1 is 1.06 bits per heavy atom. The molecule has 7 heteroatoms. The Balaban J connectivity index is 1.50. The van der Waals surface area contributed by atoms with Gasteiger partial charge in [-0.2, -0.15) is 5.26 Å². The first-order valence-corrected chi connectivity index (χ1v) is 10.3. The molecule has 1 aliphatic rings. The average Bonchev–Trinajstić information content (AvgIpc) is 2.83. The molecule has 3 rings (SSSR count). The molecule has 2 aromatic rings. The summed E-state index contributed by atoms with van der Waals surface area (Å²) in [7, 11) is 3.18. The summed E-state index contributed by atoms with van der Waals surface area (Å²) >= 11 is 0. The first-order chi connectivity index (χ1) is 15.1. The van der Waals surface area contributed by atoms with Crippen molar-refractivity contribution in [1.82, 2.24) is 10.2 Å². The molecular formula is C24H28N4O3. The Labute approximate surface area is 183 Å². The molecule has 0 bridgehead atoms. The van der Waals surface area contributed by atoms with Crippen molar-refractivity contribution in [2.75, 3.05) is 51.8 Å². The Hall–Kier alpha value is -3.66. The van der Waals surface area contributed by atoms with Crippen LogP contribution in [-0.4, -0.2) is 57.8 Å². The second-order valence-electron chi connectivity index (χ2n) is 7.21. The van der Waals surface area contributed by atoms with Crippen molar-refractivity contribution in [3.05, 3.63) is 65.9 Å². The predicted molar refractivity (Wildman–Crippen MR) is 120 cm³/mol. The Bertz CT molecular complexity index is 945. The zero-order valence-electron chi connectivity index (χ0n) is 18.0. The van der Waals surface area contributed by atoms with Crippen LogP contribution in [0.5, 0.6) is 11.5 Å². The number of methoxy groups -OCH3 is 2. The van der Waals surface area contributed by atoms with Crippen molar-refractivity contribution in [1.29, 1.82) is 5.26 Å². The lowest BCUT2D eigenvalue weighted by molar-refractivity contribution is -0.117. The molecule has 0 radical (unpaired) electrons. The molecule has 31 heavy (non-hydrogen) atoms. The van der Waals surface area contributed by atoms with Gasteiger partial charge in [-0.25, -0.2) is 0 Å². The molecule has 0 aliphatic carbocycles. The number of hydrogen-bond acceptors (Lipinski definition) is 6. The zero-order chi connectivity index (χ0) is 22.1. The average molecular weight is 421 g/mol. The summed E-state index contributed by atoms with van der Waals surface area (Å²) in [6.45, 7) is 3.65. The van der Waals surface area contributed by atoms with Crippen LogP contribution in [0.3, 0.4) is 0 Å². The van der Waals surface area contributed by atoms with Gasteiger partial charge in [-0.3, -0.25) is 4.79 Å². The number of anilines is 1. The largest absolute Gasteiger partial charge is 0.493 e. The molecule has 0 saturated carbocycles. The molecule has 1 aliphatic heterocycles. The smallest absolute Gasteiger partial charge is 0.263 e. The summed E-state index contributed by atoms with van der Waals surface area (Å²) in [4.78, 5) is 16.8. The molecular weight excluding hydrogens is 392 g/mol. The van der Waals surface area contributed by atoms with Gasteiger partial charge in [0.1, 0.15) is 11.6 Å². The molecule has 1 N–H and O–H groups in total. The molecule has 1 saturated heterocycles. The highest BCUT2D eigenvalue weighted by Crippen LogP contribution is 2.27. The number of amides is 1. The van der Waals surface area contributed by atoms with E-state index >= 15 is 0 Å². The number of nitriles is 1. The molecule has 0 aromatic heterocycles. The molecule has 1 heterocycles. The van der Waals surface area contributed by atoms with E-state index < -0.39 is 0 Å². The first kappa shape index (κ1) is 22.0. The number of rotatable bonds is 8. The number of para-hydroxylation sites is 1. The summed E-state index contributed by atoms with van der Waals surface area (Å²) < 4.78 is 10.5. The molecule has 0 spiro atoms. The van der Waals surface area contributed by atoms with Crippen LogP contribution in [0.25, 0.3) is 0 Å². The van der Waals surface area contributed by atoms with Gasteiger partial charge in [0.05, 0.1) is 14.2 Å². The lowest BCUT2D eigenvalue weighted by Crippen LogP contribution is -2.44. The van der Waals surface area contributed by atoms with Gasteiger partial charge in [-0.15, -0.1) is 0 Å². The van der Waals surface area contributed by atoms with E-state index in [0.717, 1.165) is 31.7 Å². The second-order valence-corrected chi connectivity index (χ2v) is 7.21. The van der Waals surface area contributed by atoms with Gasteiger partial charge in [-0.1, -0.05) is 24.3 Å². The Kier molecular flexibility index (Phi) is 7.77. The van der Waals surface area contributed by atoms with E-state index in [1.54, 1.807) is 20.4 Å². The van der Waals surface area contributed by atoms with E-state index in [2.05, 4.69) is 22.3 Å². The zero-order valence-corrected chi connectivity index (χ0v) is 18.0. The fraction of sp³-hybridized carbons (Fsp3) is 0.333. The summed E-state index contributed by atoms with van der Waals surface area (Å²) in [5.41, 5.74) is 2.33. The normalized spacial score (nSPS) is 14.0. The van der Waals surface area contributed by atoms with Gasteiger partial charge < -0.3 is 24.6 Å². The van der Waals surface area contributed by atoms with Crippen LogP contribution in [-0.2, 0) is 11.2 Å². The van der Waals surface area contributed by atoms with E-state index in [1.807, 2.05) is 47.4 Å². The molecule has 1 amide bonds. The maximum absolute atomic E-state index is 12.5. The van der Waals surface area contributed by atoms with Crippen molar-refractivity contribution >= 4 is 11.6 Å². The minimum Gasteiger partial charge on any atom is -0.493 e. The predicted octanol–water partition coefficient (Wildman–Crippen LogP) is 2.59. The Morgan fingerprint density at radius 3 is 2.42 bits per heavy atom. The molecule has 162 valence electrons. The van der Waals surface area contributed by atoms with Gasteiger partial charge in [0.2, 0.25) is 0 Å². The van der Waals surface area contributed by atoms with Crippen LogP contribution >= 0.6 is 0 Å². The topological polar surface area (TPSA) is 77.8 Å². The minimum absolute atomic E-state index is 0.125. The van der Waals surface area contributed by atoms with Crippen LogP contribution in [0.15, 0.2) is 60.3 Å². The molecule has 1 fully saturated rings.